The Balaban J connectivity index is 1.52. The van der Waals surface area contributed by atoms with E-state index < -0.39 is 0 Å². The van der Waals surface area contributed by atoms with Crippen LogP contribution < -0.4 is 10.2 Å². The van der Waals surface area contributed by atoms with E-state index >= 15 is 0 Å². The summed E-state index contributed by atoms with van der Waals surface area (Å²) in [7, 11) is 1.46. The molecule has 2 aromatic carbocycles. The van der Waals surface area contributed by atoms with Crippen molar-refractivity contribution in [2.45, 2.75) is 5.22 Å². The van der Waals surface area contributed by atoms with Crippen molar-refractivity contribution in [1.82, 2.24) is 10.4 Å². The van der Waals surface area contributed by atoms with Crippen LogP contribution in [0, 0.1) is 0 Å². The van der Waals surface area contributed by atoms with Gasteiger partial charge in [-0.3, -0.25) is 4.79 Å². The average Bonchev–Trinajstić information content (AvgIpc) is 3.04. The molecule has 1 heterocycles. The lowest BCUT2D eigenvalue weighted by Gasteiger charge is -2.03. The number of carbonyl (C=O) groups excluding carboxylic acids is 1. The molecule has 0 aliphatic rings. The minimum Gasteiger partial charge on any atom is -0.504 e. The van der Waals surface area contributed by atoms with E-state index in [1.807, 2.05) is 24.3 Å². The van der Waals surface area contributed by atoms with Gasteiger partial charge in [0.25, 0.3) is 11.1 Å². The molecule has 0 aliphatic carbocycles. The Kier molecular flexibility index (Phi) is 5.20. The molecule has 0 saturated carbocycles. The number of benzene rings is 2. The second-order valence-corrected chi connectivity index (χ2v) is 5.89. The monoisotopic (exact) mass is 357 g/mol. The van der Waals surface area contributed by atoms with Crippen LogP contribution in [0.3, 0.4) is 0 Å². The fraction of sp³-hybridized carbons (Fsp3) is 0.118. The van der Waals surface area contributed by atoms with Gasteiger partial charge < -0.3 is 14.3 Å². The standard InChI is InChI=1S/C17H15N3O4S/c1-23-15-8-11(6-7-13(15)21)9-18-20-16(22)10-25-17-19-12-4-2-3-5-14(12)24-17/h2-9,21H,10H2,1H3,(H,20,22). The summed E-state index contributed by atoms with van der Waals surface area (Å²) in [6.07, 6.45) is 1.46. The molecule has 128 valence electrons. The van der Waals surface area contributed by atoms with Gasteiger partial charge in [-0.15, -0.1) is 0 Å². The molecular weight excluding hydrogens is 342 g/mol. The normalized spacial score (nSPS) is 11.1. The highest BCUT2D eigenvalue weighted by Crippen LogP contribution is 2.25. The Morgan fingerprint density at radius 2 is 2.24 bits per heavy atom. The van der Waals surface area contributed by atoms with Gasteiger partial charge >= 0.3 is 0 Å². The number of ether oxygens (including phenoxy) is 1. The fourth-order valence-corrected chi connectivity index (χ4v) is 2.66. The van der Waals surface area contributed by atoms with E-state index in [-0.39, 0.29) is 17.4 Å². The number of fused-ring (bicyclic) bond motifs is 1. The number of nitrogens with zero attached hydrogens (tertiary/aromatic N) is 2. The molecule has 25 heavy (non-hydrogen) atoms. The van der Waals surface area contributed by atoms with Gasteiger partial charge in [-0.2, -0.15) is 5.10 Å². The van der Waals surface area contributed by atoms with E-state index in [4.69, 9.17) is 9.15 Å². The highest BCUT2D eigenvalue weighted by molar-refractivity contribution is 7.99. The Labute approximate surface area is 147 Å². The number of methoxy groups -OCH3 is 1. The molecule has 1 amide bonds. The smallest absolute Gasteiger partial charge is 0.257 e. The van der Waals surface area contributed by atoms with Crippen molar-refractivity contribution in [2.75, 3.05) is 12.9 Å². The number of phenolic OH excluding ortho intramolecular Hbond substituents is 1. The molecule has 0 saturated heterocycles. The Morgan fingerprint density at radius 3 is 3.04 bits per heavy atom. The number of hydrazone groups is 1. The first-order valence-corrected chi connectivity index (χ1v) is 8.31. The molecule has 2 N–H and O–H groups in total. The summed E-state index contributed by atoms with van der Waals surface area (Å²) >= 11 is 1.19. The fourth-order valence-electron chi connectivity index (χ4n) is 2.03. The lowest BCUT2D eigenvalue weighted by Crippen LogP contribution is -2.19. The summed E-state index contributed by atoms with van der Waals surface area (Å²) in [5, 5.41) is 13.8. The molecule has 0 aliphatic heterocycles. The maximum Gasteiger partial charge on any atom is 0.257 e. The number of para-hydroxylation sites is 2. The Morgan fingerprint density at radius 1 is 1.40 bits per heavy atom. The van der Waals surface area contributed by atoms with Crippen molar-refractivity contribution < 1.29 is 19.1 Å². The number of nitrogens with one attached hydrogen (secondary N) is 1. The van der Waals surface area contributed by atoms with Crippen LogP contribution in [0.5, 0.6) is 11.5 Å². The minimum atomic E-state index is -0.283. The van der Waals surface area contributed by atoms with Gasteiger partial charge in [0.2, 0.25) is 0 Å². The predicted octanol–water partition coefficient (Wildman–Crippen LogP) is 2.78. The molecule has 0 unspecified atom stereocenters. The van der Waals surface area contributed by atoms with E-state index in [0.717, 1.165) is 5.52 Å². The van der Waals surface area contributed by atoms with E-state index in [1.165, 1.54) is 31.2 Å². The number of amides is 1. The Bertz CT molecular complexity index is 890. The largest absolute Gasteiger partial charge is 0.504 e. The van der Waals surface area contributed by atoms with Crippen molar-refractivity contribution in [1.29, 1.82) is 0 Å². The number of aromatic hydroxyl groups is 1. The second-order valence-electron chi connectivity index (χ2n) is 4.96. The predicted molar refractivity (Wildman–Crippen MR) is 95.1 cm³/mol. The van der Waals surface area contributed by atoms with Crippen LogP contribution in [0.1, 0.15) is 5.56 Å². The van der Waals surface area contributed by atoms with Gasteiger partial charge in [-0.25, -0.2) is 10.4 Å². The number of thioether (sulfide) groups is 1. The van der Waals surface area contributed by atoms with E-state index in [0.29, 0.717) is 22.1 Å². The van der Waals surface area contributed by atoms with Crippen molar-refractivity contribution in [3.8, 4) is 11.5 Å². The van der Waals surface area contributed by atoms with Gasteiger partial charge in [0.1, 0.15) is 5.52 Å². The van der Waals surface area contributed by atoms with Crippen molar-refractivity contribution in [2.24, 2.45) is 5.10 Å². The highest BCUT2D eigenvalue weighted by atomic mass is 32.2. The number of phenols is 1. The number of aromatic nitrogens is 1. The van der Waals surface area contributed by atoms with E-state index in [2.05, 4.69) is 15.5 Å². The molecule has 8 heteroatoms. The number of oxazole rings is 1. The lowest BCUT2D eigenvalue weighted by atomic mass is 10.2. The van der Waals surface area contributed by atoms with Crippen LogP contribution in [-0.2, 0) is 4.79 Å². The Hall–Kier alpha value is -3.00. The van der Waals surface area contributed by atoms with E-state index in [9.17, 15) is 9.90 Å². The third kappa shape index (κ3) is 4.30. The lowest BCUT2D eigenvalue weighted by molar-refractivity contribution is -0.118. The first-order valence-electron chi connectivity index (χ1n) is 7.33. The maximum atomic E-state index is 11.8. The molecule has 1 aromatic heterocycles. The molecule has 0 bridgehead atoms. The van der Waals surface area contributed by atoms with Crippen molar-refractivity contribution in [3.63, 3.8) is 0 Å². The summed E-state index contributed by atoms with van der Waals surface area (Å²) in [6, 6.07) is 12.2. The molecule has 0 fully saturated rings. The molecule has 0 spiro atoms. The summed E-state index contributed by atoms with van der Waals surface area (Å²) < 4.78 is 10.5. The van der Waals surface area contributed by atoms with Crippen LogP contribution >= 0.6 is 11.8 Å². The van der Waals surface area contributed by atoms with Gasteiger partial charge in [0, 0.05) is 0 Å². The summed E-state index contributed by atoms with van der Waals surface area (Å²) in [6.45, 7) is 0. The first kappa shape index (κ1) is 16.8. The summed E-state index contributed by atoms with van der Waals surface area (Å²) in [5.74, 6) is 0.220. The van der Waals surface area contributed by atoms with E-state index in [1.54, 1.807) is 12.1 Å². The van der Waals surface area contributed by atoms with Crippen LogP contribution in [-0.4, -0.2) is 35.1 Å². The molecule has 3 rings (SSSR count). The van der Waals surface area contributed by atoms with Gasteiger partial charge in [0.15, 0.2) is 17.1 Å². The quantitative estimate of drug-likeness (QED) is 0.400. The zero-order valence-electron chi connectivity index (χ0n) is 13.3. The van der Waals surface area contributed by atoms with Crippen molar-refractivity contribution in [3.05, 3.63) is 48.0 Å². The molecule has 3 aromatic rings. The topological polar surface area (TPSA) is 97.0 Å². The average molecular weight is 357 g/mol. The number of rotatable bonds is 6. The maximum absolute atomic E-state index is 11.8. The summed E-state index contributed by atoms with van der Waals surface area (Å²) in [5.41, 5.74) is 4.55. The molecule has 0 radical (unpaired) electrons. The molecule has 7 nitrogen and oxygen atoms in total. The highest BCUT2D eigenvalue weighted by Gasteiger charge is 2.08. The third-order valence-corrected chi connectivity index (χ3v) is 4.04. The first-order chi connectivity index (χ1) is 12.2. The van der Waals surface area contributed by atoms with Gasteiger partial charge in [-0.05, 0) is 35.9 Å². The van der Waals surface area contributed by atoms with Crippen LogP contribution in [0.4, 0.5) is 0 Å². The molecular formula is C17H15N3O4S. The minimum absolute atomic E-state index is 0.0402. The summed E-state index contributed by atoms with van der Waals surface area (Å²) in [4.78, 5) is 16.1. The number of hydrogen-bond acceptors (Lipinski definition) is 7. The molecule has 0 atom stereocenters. The second kappa shape index (κ2) is 7.71. The van der Waals surface area contributed by atoms with Crippen LogP contribution in [0.2, 0.25) is 0 Å². The van der Waals surface area contributed by atoms with Crippen LogP contribution in [0.15, 0.2) is 57.2 Å². The van der Waals surface area contributed by atoms with Gasteiger partial charge in [0.05, 0.1) is 19.1 Å². The zero-order valence-corrected chi connectivity index (χ0v) is 14.1. The van der Waals surface area contributed by atoms with Crippen LogP contribution in [0.25, 0.3) is 11.1 Å². The SMILES string of the molecule is COc1cc(C=NNC(=O)CSc2nc3ccccc3o2)ccc1O. The van der Waals surface area contributed by atoms with Gasteiger partial charge in [-0.1, -0.05) is 23.9 Å². The van der Waals surface area contributed by atoms with Crippen molar-refractivity contribution >= 4 is 35.0 Å². The zero-order chi connectivity index (χ0) is 17.6. The number of hydrogen-bond donors (Lipinski definition) is 2. The third-order valence-electron chi connectivity index (χ3n) is 3.21. The number of carbonyl (C=O) groups is 1.